The number of nitrogen functional groups attached to an aromatic ring is 1. The minimum atomic E-state index is -3.08. The van der Waals surface area contributed by atoms with Gasteiger partial charge >= 0.3 is 0 Å². The van der Waals surface area contributed by atoms with Gasteiger partial charge in [-0.15, -0.1) is 0 Å². The Balaban J connectivity index is 1.24. The summed E-state index contributed by atoms with van der Waals surface area (Å²) in [5.74, 6) is -0.515. The van der Waals surface area contributed by atoms with Crippen molar-refractivity contribution in [1.82, 2.24) is 15.5 Å². The van der Waals surface area contributed by atoms with Crippen molar-refractivity contribution >= 4 is 26.7 Å². The van der Waals surface area contributed by atoms with Crippen LogP contribution >= 0.6 is 9.24 Å². The van der Waals surface area contributed by atoms with E-state index < -0.39 is 23.5 Å². The molecule has 0 saturated carbocycles. The Morgan fingerprint density at radius 2 is 1.68 bits per heavy atom. The molecule has 1 heterocycles. The number of amides is 2. The standard InChI is InChI=1S/C31H35F2N4O2P/c32-31(33,40)20-35-29(39)30(26-12-3-1-10-24(26)25-11-2-4-13-27(25)30)15-5-6-16-37-17-14-23(19-37)36-28(38)21-8-7-9-22(34)18-21/h1-4,7-13,18,23H,5-6,14-17,19-20,34,40H2,(H,35,39)(H,36,38). The van der Waals surface area contributed by atoms with Crippen molar-refractivity contribution in [3.63, 3.8) is 0 Å². The molecule has 2 unspecified atom stereocenters. The predicted octanol–water partition coefficient (Wildman–Crippen LogP) is 4.79. The van der Waals surface area contributed by atoms with Crippen molar-refractivity contribution in [3.8, 4) is 11.1 Å². The van der Waals surface area contributed by atoms with Crippen molar-refractivity contribution in [3.05, 3.63) is 89.5 Å². The van der Waals surface area contributed by atoms with Crippen LogP contribution in [0.5, 0.6) is 0 Å². The van der Waals surface area contributed by atoms with Crippen LogP contribution in [0.15, 0.2) is 72.8 Å². The van der Waals surface area contributed by atoms with E-state index in [1.54, 1.807) is 24.3 Å². The Labute approximate surface area is 235 Å². The lowest BCUT2D eigenvalue weighted by atomic mass is 9.73. The van der Waals surface area contributed by atoms with E-state index >= 15 is 0 Å². The molecule has 3 aromatic rings. The van der Waals surface area contributed by atoms with E-state index in [0.29, 0.717) is 17.7 Å². The lowest BCUT2D eigenvalue weighted by molar-refractivity contribution is -0.126. The van der Waals surface area contributed by atoms with Gasteiger partial charge in [-0.3, -0.25) is 9.59 Å². The van der Waals surface area contributed by atoms with Gasteiger partial charge in [-0.2, -0.15) is 0 Å². The fourth-order valence-electron chi connectivity index (χ4n) is 6.13. The Morgan fingerprint density at radius 1 is 1.00 bits per heavy atom. The maximum absolute atomic E-state index is 13.8. The average molecular weight is 565 g/mol. The fraction of sp³-hybridized carbons (Fsp3) is 0.355. The molecule has 0 radical (unpaired) electrons. The number of benzene rings is 3. The van der Waals surface area contributed by atoms with E-state index in [1.165, 1.54) is 9.24 Å². The predicted molar refractivity (Wildman–Crippen MR) is 157 cm³/mol. The van der Waals surface area contributed by atoms with Crippen LogP contribution in [0.2, 0.25) is 0 Å². The highest BCUT2D eigenvalue weighted by Gasteiger charge is 2.48. The van der Waals surface area contributed by atoms with Crippen molar-refractivity contribution in [2.75, 3.05) is 31.9 Å². The van der Waals surface area contributed by atoms with Crippen LogP contribution in [-0.4, -0.2) is 54.6 Å². The van der Waals surface area contributed by atoms with E-state index in [4.69, 9.17) is 5.73 Å². The van der Waals surface area contributed by atoms with Gasteiger partial charge in [-0.25, -0.2) is 8.78 Å². The summed E-state index contributed by atoms with van der Waals surface area (Å²) in [7, 11) is 1.50. The summed E-state index contributed by atoms with van der Waals surface area (Å²) in [5.41, 5.74) is 6.50. The van der Waals surface area contributed by atoms with Crippen molar-refractivity contribution in [2.45, 2.75) is 42.8 Å². The number of rotatable bonds is 10. The van der Waals surface area contributed by atoms with Crippen molar-refractivity contribution in [1.29, 1.82) is 0 Å². The van der Waals surface area contributed by atoms with Crippen LogP contribution in [0, 0.1) is 0 Å². The Hall–Kier alpha value is -3.35. The Bertz CT molecular complexity index is 1350. The van der Waals surface area contributed by atoms with Gasteiger partial charge in [0.1, 0.15) is 5.41 Å². The van der Waals surface area contributed by atoms with Gasteiger partial charge in [-0.1, -0.05) is 70.3 Å². The molecule has 0 spiro atoms. The second kappa shape index (κ2) is 11.6. The van der Waals surface area contributed by atoms with Gasteiger partial charge < -0.3 is 21.3 Å². The first-order chi connectivity index (χ1) is 19.2. The van der Waals surface area contributed by atoms with Crippen LogP contribution in [0.25, 0.3) is 11.1 Å². The zero-order chi connectivity index (χ0) is 28.3. The molecular formula is C31H35F2N4O2P. The summed E-state index contributed by atoms with van der Waals surface area (Å²) in [6, 6.07) is 22.6. The summed E-state index contributed by atoms with van der Waals surface area (Å²) >= 11 is 0. The molecule has 9 heteroatoms. The molecule has 2 atom stereocenters. The first-order valence-corrected chi connectivity index (χ1v) is 14.3. The minimum absolute atomic E-state index is 0.0632. The summed E-state index contributed by atoms with van der Waals surface area (Å²) in [6.07, 6.45) is 2.96. The lowest BCUT2D eigenvalue weighted by Crippen LogP contribution is -2.47. The quantitative estimate of drug-likeness (QED) is 0.188. The van der Waals surface area contributed by atoms with Crippen LogP contribution in [0.1, 0.15) is 47.2 Å². The Morgan fingerprint density at radius 3 is 2.33 bits per heavy atom. The number of carbonyl (C=O) groups is 2. The molecule has 2 aliphatic rings. The molecule has 3 aromatic carbocycles. The summed E-state index contributed by atoms with van der Waals surface area (Å²) in [4.78, 5) is 28.7. The van der Waals surface area contributed by atoms with Gasteiger partial charge in [0.15, 0.2) is 0 Å². The van der Waals surface area contributed by atoms with Gasteiger partial charge in [0.25, 0.3) is 11.6 Å². The molecule has 0 bridgehead atoms. The number of nitrogens with two attached hydrogens (primary N) is 1. The third kappa shape index (κ3) is 5.89. The van der Waals surface area contributed by atoms with Crippen LogP contribution < -0.4 is 16.4 Å². The number of nitrogens with one attached hydrogen (secondary N) is 2. The minimum Gasteiger partial charge on any atom is -0.399 e. The molecule has 1 aliphatic heterocycles. The highest BCUT2D eigenvalue weighted by atomic mass is 31.0. The van der Waals surface area contributed by atoms with E-state index in [-0.39, 0.29) is 11.9 Å². The normalized spacial score (nSPS) is 17.7. The highest BCUT2D eigenvalue weighted by Crippen LogP contribution is 2.51. The maximum atomic E-state index is 13.8. The number of halogens is 2. The smallest absolute Gasteiger partial charge is 0.275 e. The number of alkyl halides is 2. The van der Waals surface area contributed by atoms with E-state index in [9.17, 15) is 18.4 Å². The first-order valence-electron chi connectivity index (χ1n) is 13.7. The van der Waals surface area contributed by atoms with Gasteiger partial charge in [-0.05, 0) is 66.3 Å². The number of carbonyl (C=O) groups excluding carboxylic acids is 2. The van der Waals surface area contributed by atoms with Crippen LogP contribution in [0.3, 0.4) is 0 Å². The molecule has 4 N–H and O–H groups in total. The third-order valence-corrected chi connectivity index (χ3v) is 8.17. The molecule has 6 nitrogen and oxygen atoms in total. The monoisotopic (exact) mass is 564 g/mol. The average Bonchev–Trinajstić information content (AvgIpc) is 3.50. The zero-order valence-corrected chi connectivity index (χ0v) is 23.5. The fourth-order valence-corrected chi connectivity index (χ4v) is 6.23. The largest absolute Gasteiger partial charge is 0.399 e. The summed E-state index contributed by atoms with van der Waals surface area (Å²) in [6.45, 7) is 1.73. The van der Waals surface area contributed by atoms with Gasteiger partial charge in [0.2, 0.25) is 5.91 Å². The summed E-state index contributed by atoms with van der Waals surface area (Å²) in [5, 5.41) is 5.65. The molecule has 1 aliphatic carbocycles. The molecular weight excluding hydrogens is 529 g/mol. The highest BCUT2D eigenvalue weighted by molar-refractivity contribution is 7.18. The number of hydrogen-bond donors (Lipinski definition) is 3. The molecule has 2 amide bonds. The SMILES string of the molecule is Nc1cccc(C(=O)NC2CCN(CCCCC3(C(=O)NCC(F)(F)P)c4ccccc4-c4ccccc43)C2)c1. The van der Waals surface area contributed by atoms with Crippen LogP contribution in [0.4, 0.5) is 14.5 Å². The Kier molecular flexibility index (Phi) is 8.20. The second-order valence-electron chi connectivity index (χ2n) is 10.8. The first kappa shape index (κ1) is 28.2. The van der Waals surface area contributed by atoms with Crippen molar-refractivity contribution < 1.29 is 18.4 Å². The van der Waals surface area contributed by atoms with E-state index in [0.717, 1.165) is 61.2 Å². The number of hydrogen-bond acceptors (Lipinski definition) is 4. The molecule has 40 heavy (non-hydrogen) atoms. The number of nitrogens with zero attached hydrogens (tertiary/aromatic N) is 1. The lowest BCUT2D eigenvalue weighted by Gasteiger charge is -2.31. The number of unbranched alkanes of at least 4 members (excludes halogenated alkanes) is 1. The third-order valence-electron chi connectivity index (χ3n) is 7.97. The number of fused-ring (bicyclic) bond motifs is 3. The second-order valence-corrected chi connectivity index (χ2v) is 11.6. The van der Waals surface area contributed by atoms with Gasteiger partial charge in [0, 0.05) is 30.4 Å². The molecule has 1 saturated heterocycles. The molecule has 5 rings (SSSR count). The molecule has 210 valence electrons. The number of likely N-dealkylation sites (tertiary alicyclic amines) is 1. The van der Waals surface area contributed by atoms with Crippen molar-refractivity contribution in [2.24, 2.45) is 0 Å². The summed E-state index contributed by atoms with van der Waals surface area (Å²) < 4.78 is 27.4. The zero-order valence-electron chi connectivity index (χ0n) is 22.3. The topological polar surface area (TPSA) is 87.5 Å². The maximum Gasteiger partial charge on any atom is 0.275 e. The number of anilines is 1. The van der Waals surface area contributed by atoms with Gasteiger partial charge in [0.05, 0.1) is 6.54 Å². The van der Waals surface area contributed by atoms with E-state index in [1.807, 2.05) is 48.5 Å². The molecule has 0 aromatic heterocycles. The molecule has 1 fully saturated rings. The van der Waals surface area contributed by atoms with Crippen LogP contribution in [-0.2, 0) is 10.2 Å². The van der Waals surface area contributed by atoms with E-state index in [2.05, 4.69) is 15.5 Å².